The van der Waals surface area contributed by atoms with Gasteiger partial charge in [0.2, 0.25) is 11.8 Å². The van der Waals surface area contributed by atoms with E-state index >= 15 is 0 Å². The number of hydrogen-bond acceptors (Lipinski definition) is 4. The van der Waals surface area contributed by atoms with Gasteiger partial charge in [-0.05, 0) is 61.6 Å². The van der Waals surface area contributed by atoms with Crippen molar-refractivity contribution in [2.24, 2.45) is 0 Å². The summed E-state index contributed by atoms with van der Waals surface area (Å²) in [7, 11) is -4.15. The lowest BCUT2D eigenvalue weighted by molar-refractivity contribution is -0.139. The fourth-order valence-corrected chi connectivity index (χ4v) is 6.67. The number of carbonyl (C=O) groups excluding carboxylic acids is 2. The lowest BCUT2D eigenvalue weighted by Crippen LogP contribution is -2.53. The van der Waals surface area contributed by atoms with Gasteiger partial charge >= 0.3 is 0 Å². The summed E-state index contributed by atoms with van der Waals surface area (Å²) in [5.74, 6) is -1.23. The van der Waals surface area contributed by atoms with Crippen molar-refractivity contribution in [2.75, 3.05) is 10.8 Å². The maximum atomic E-state index is 14.7. The van der Waals surface area contributed by atoms with Gasteiger partial charge in [0.15, 0.2) is 0 Å². The number of nitrogens with zero attached hydrogens (tertiary/aromatic N) is 2. The number of benzene rings is 3. The third-order valence-electron chi connectivity index (χ3n) is 7.88. The van der Waals surface area contributed by atoms with Gasteiger partial charge in [-0.1, -0.05) is 81.6 Å². The third kappa shape index (κ3) is 7.56. The number of hydrogen-bond donors (Lipinski definition) is 1. The highest BCUT2D eigenvalue weighted by molar-refractivity contribution is 7.92. The van der Waals surface area contributed by atoms with Crippen molar-refractivity contribution < 1.29 is 22.4 Å². The first-order valence-electron chi connectivity index (χ1n) is 14.6. The zero-order chi connectivity index (χ0) is 30.3. The molecule has 1 N–H and O–H groups in total. The molecule has 0 unspecified atom stereocenters. The van der Waals surface area contributed by atoms with E-state index in [0.717, 1.165) is 42.0 Å². The minimum Gasteiger partial charge on any atom is -0.352 e. The number of sulfonamides is 1. The predicted octanol–water partition coefficient (Wildman–Crippen LogP) is 6.01. The molecular formula is C33H40FN3O4S. The Morgan fingerprint density at radius 1 is 0.881 bits per heavy atom. The van der Waals surface area contributed by atoms with Gasteiger partial charge in [0, 0.05) is 18.2 Å². The molecule has 0 radical (unpaired) electrons. The highest BCUT2D eigenvalue weighted by Crippen LogP contribution is 2.27. The van der Waals surface area contributed by atoms with Crippen molar-refractivity contribution in [1.82, 2.24) is 10.2 Å². The standard InChI is InChI=1S/C33H40FN3O4S/c1-24(2)26-18-20-29(21-19-26)37(42(40,41)30-15-8-5-9-16-30)23-32(38)36(22-27-12-10-11-17-31(27)34)25(3)33(39)35-28-13-6-4-7-14-28/h5,8-12,15-21,24-25,28H,4,6-7,13-14,22-23H2,1-3H3,(H,35,39)/t25-/m1/s1. The zero-order valence-electron chi connectivity index (χ0n) is 24.5. The minimum absolute atomic E-state index is 0.0218. The number of anilines is 1. The molecule has 224 valence electrons. The Balaban J connectivity index is 1.68. The summed E-state index contributed by atoms with van der Waals surface area (Å²) in [5.41, 5.74) is 1.58. The minimum atomic E-state index is -4.15. The van der Waals surface area contributed by atoms with Crippen LogP contribution in [0.25, 0.3) is 0 Å². The maximum Gasteiger partial charge on any atom is 0.264 e. The fraction of sp³-hybridized carbons (Fsp3) is 0.394. The Hall–Kier alpha value is -3.72. The Bertz CT molecular complexity index is 1460. The largest absolute Gasteiger partial charge is 0.352 e. The summed E-state index contributed by atoms with van der Waals surface area (Å²) in [6.07, 6.45) is 4.92. The van der Waals surface area contributed by atoms with Crippen molar-refractivity contribution in [3.8, 4) is 0 Å². The third-order valence-corrected chi connectivity index (χ3v) is 9.66. The number of rotatable bonds is 11. The van der Waals surface area contributed by atoms with Gasteiger partial charge in [0.1, 0.15) is 18.4 Å². The second kappa shape index (κ2) is 14.0. The quantitative estimate of drug-likeness (QED) is 0.295. The van der Waals surface area contributed by atoms with Gasteiger partial charge in [-0.15, -0.1) is 0 Å². The molecule has 0 aromatic heterocycles. The van der Waals surface area contributed by atoms with E-state index in [0.29, 0.717) is 5.69 Å². The van der Waals surface area contributed by atoms with Crippen LogP contribution in [0, 0.1) is 5.82 Å². The first-order valence-corrected chi connectivity index (χ1v) is 16.0. The highest BCUT2D eigenvalue weighted by Gasteiger charge is 2.33. The second-order valence-electron chi connectivity index (χ2n) is 11.2. The van der Waals surface area contributed by atoms with Crippen LogP contribution < -0.4 is 9.62 Å². The van der Waals surface area contributed by atoms with Crippen LogP contribution in [0.2, 0.25) is 0 Å². The summed E-state index contributed by atoms with van der Waals surface area (Å²) < 4.78 is 43.6. The number of amides is 2. The van der Waals surface area contributed by atoms with Crippen LogP contribution in [-0.2, 0) is 26.2 Å². The molecule has 1 aliphatic carbocycles. The van der Waals surface area contributed by atoms with E-state index in [4.69, 9.17) is 0 Å². The van der Waals surface area contributed by atoms with E-state index in [2.05, 4.69) is 5.32 Å². The van der Waals surface area contributed by atoms with Gasteiger partial charge in [-0.3, -0.25) is 13.9 Å². The van der Waals surface area contributed by atoms with E-state index < -0.39 is 34.3 Å². The van der Waals surface area contributed by atoms with Crippen molar-refractivity contribution >= 4 is 27.5 Å². The maximum absolute atomic E-state index is 14.7. The average molecular weight is 594 g/mol. The smallest absolute Gasteiger partial charge is 0.264 e. The first kappa shape index (κ1) is 31.2. The van der Waals surface area contributed by atoms with Crippen molar-refractivity contribution in [3.63, 3.8) is 0 Å². The van der Waals surface area contributed by atoms with Crippen LogP contribution in [0.1, 0.15) is 69.9 Å². The van der Waals surface area contributed by atoms with Crippen molar-refractivity contribution in [2.45, 2.75) is 82.3 Å². The van der Waals surface area contributed by atoms with Crippen LogP contribution in [0.3, 0.4) is 0 Å². The normalized spacial score (nSPS) is 14.8. The molecule has 42 heavy (non-hydrogen) atoms. The molecule has 1 saturated carbocycles. The molecule has 9 heteroatoms. The number of carbonyl (C=O) groups is 2. The van der Waals surface area contributed by atoms with Gasteiger partial charge in [-0.25, -0.2) is 12.8 Å². The Morgan fingerprint density at radius 3 is 2.12 bits per heavy atom. The Labute approximate surface area is 248 Å². The first-order chi connectivity index (χ1) is 20.1. The molecule has 0 heterocycles. The van der Waals surface area contributed by atoms with Gasteiger partial charge < -0.3 is 10.2 Å². The van der Waals surface area contributed by atoms with Crippen molar-refractivity contribution in [1.29, 1.82) is 0 Å². The molecule has 0 aliphatic heterocycles. The van der Waals surface area contributed by atoms with Crippen LogP contribution in [0.15, 0.2) is 83.8 Å². The van der Waals surface area contributed by atoms with Crippen LogP contribution >= 0.6 is 0 Å². The molecule has 0 bridgehead atoms. The molecule has 4 rings (SSSR count). The second-order valence-corrected chi connectivity index (χ2v) is 13.1. The van der Waals surface area contributed by atoms with Crippen LogP contribution in [0.5, 0.6) is 0 Å². The highest BCUT2D eigenvalue weighted by atomic mass is 32.2. The molecule has 0 saturated heterocycles. The molecule has 2 amide bonds. The number of nitrogens with one attached hydrogen (secondary N) is 1. The molecule has 3 aromatic rings. The summed E-state index contributed by atoms with van der Waals surface area (Å²) in [4.78, 5) is 28.7. The summed E-state index contributed by atoms with van der Waals surface area (Å²) in [5, 5.41) is 3.05. The lowest BCUT2D eigenvalue weighted by atomic mass is 9.95. The van der Waals surface area contributed by atoms with Crippen LogP contribution in [-0.4, -0.2) is 43.8 Å². The topological polar surface area (TPSA) is 86.8 Å². The molecule has 1 fully saturated rings. The molecule has 1 aliphatic rings. The zero-order valence-corrected chi connectivity index (χ0v) is 25.3. The summed E-state index contributed by atoms with van der Waals surface area (Å²) >= 11 is 0. The van der Waals surface area contributed by atoms with Crippen LogP contribution in [0.4, 0.5) is 10.1 Å². The molecule has 7 nitrogen and oxygen atoms in total. The van der Waals surface area contributed by atoms with E-state index in [-0.39, 0.29) is 34.9 Å². The van der Waals surface area contributed by atoms with E-state index in [1.807, 2.05) is 26.0 Å². The summed E-state index contributed by atoms with van der Waals surface area (Å²) in [6.45, 7) is 4.93. The van der Waals surface area contributed by atoms with E-state index in [9.17, 15) is 22.4 Å². The number of halogens is 1. The Morgan fingerprint density at radius 2 is 1.50 bits per heavy atom. The predicted molar refractivity (Wildman–Crippen MR) is 163 cm³/mol. The fourth-order valence-electron chi connectivity index (χ4n) is 5.24. The molecular weight excluding hydrogens is 553 g/mol. The average Bonchev–Trinajstić information content (AvgIpc) is 3.00. The SMILES string of the molecule is CC(C)c1ccc(N(CC(=O)N(Cc2ccccc2F)[C@H](C)C(=O)NC2CCCCC2)S(=O)(=O)c2ccccc2)cc1. The monoisotopic (exact) mass is 593 g/mol. The van der Waals surface area contributed by atoms with Gasteiger partial charge in [0.25, 0.3) is 10.0 Å². The molecule has 0 spiro atoms. The Kier molecular flexibility index (Phi) is 10.4. The summed E-state index contributed by atoms with van der Waals surface area (Å²) in [6, 6.07) is 20.1. The van der Waals surface area contributed by atoms with Gasteiger partial charge in [-0.2, -0.15) is 0 Å². The van der Waals surface area contributed by atoms with E-state index in [1.165, 1.54) is 23.1 Å². The van der Waals surface area contributed by atoms with Crippen molar-refractivity contribution in [3.05, 3.63) is 95.8 Å². The van der Waals surface area contributed by atoms with Gasteiger partial charge in [0.05, 0.1) is 10.6 Å². The molecule has 1 atom stereocenters. The lowest BCUT2D eigenvalue weighted by Gasteiger charge is -2.33. The molecule has 3 aromatic carbocycles. The van der Waals surface area contributed by atoms with E-state index in [1.54, 1.807) is 55.5 Å².